The summed E-state index contributed by atoms with van der Waals surface area (Å²) in [5.41, 5.74) is 4.65. The van der Waals surface area contributed by atoms with E-state index in [0.29, 0.717) is 6.42 Å². The Balaban J connectivity index is 0.000000252. The van der Waals surface area contributed by atoms with Gasteiger partial charge in [0.2, 0.25) is 5.91 Å². The molecule has 1 aromatic rings. The second-order valence-corrected chi connectivity index (χ2v) is 2.34. The van der Waals surface area contributed by atoms with E-state index in [1.807, 2.05) is 30.3 Å². The van der Waals surface area contributed by atoms with Crippen LogP contribution < -0.4 is 10.5 Å². The molecule has 2 N–H and O–H groups in total. The molecule has 1 amide bonds. The summed E-state index contributed by atoms with van der Waals surface area (Å²) in [6.45, 7) is 1.72. The lowest BCUT2D eigenvalue weighted by Crippen LogP contribution is -2.06. The summed E-state index contributed by atoms with van der Waals surface area (Å²) in [4.78, 5) is 9.59. The molecule has 3 nitrogen and oxygen atoms in total. The minimum absolute atomic E-state index is 0.245. The van der Waals surface area contributed by atoms with Crippen molar-refractivity contribution in [1.29, 1.82) is 0 Å². The van der Waals surface area contributed by atoms with Crippen LogP contribution in [0.25, 0.3) is 0 Å². The second-order valence-electron chi connectivity index (χ2n) is 2.34. The molecule has 0 spiro atoms. The quantitative estimate of drug-likeness (QED) is 0.753. The van der Waals surface area contributed by atoms with Gasteiger partial charge in [0.15, 0.2) is 0 Å². The standard InChI is InChI=1S/C7H8O.C3H7NO/c1-8-7-5-3-2-4-6-7;1-2-3(4)5/h2-6H,1H3;2H2,1H3,(H2,4,5). The van der Waals surface area contributed by atoms with Gasteiger partial charge in [0, 0.05) is 6.42 Å². The molecular weight excluding hydrogens is 166 g/mol. The van der Waals surface area contributed by atoms with Gasteiger partial charge in [-0.2, -0.15) is 0 Å². The zero-order chi connectivity index (χ0) is 10.1. The predicted octanol–water partition coefficient (Wildman–Crippen LogP) is 1.58. The van der Waals surface area contributed by atoms with Gasteiger partial charge in [0.25, 0.3) is 0 Å². The Kier molecular flexibility index (Phi) is 6.32. The van der Waals surface area contributed by atoms with Gasteiger partial charge in [-0.25, -0.2) is 0 Å². The van der Waals surface area contributed by atoms with Crippen molar-refractivity contribution in [2.45, 2.75) is 13.3 Å². The van der Waals surface area contributed by atoms with Crippen LogP contribution in [0.2, 0.25) is 0 Å². The SMILES string of the molecule is CCC(N)=O.COc1ccccc1. The van der Waals surface area contributed by atoms with Crippen LogP contribution in [0.15, 0.2) is 30.3 Å². The molecule has 0 aliphatic rings. The maximum absolute atomic E-state index is 9.59. The van der Waals surface area contributed by atoms with E-state index in [0.717, 1.165) is 5.75 Å². The van der Waals surface area contributed by atoms with Gasteiger partial charge in [0.1, 0.15) is 5.75 Å². The highest BCUT2D eigenvalue weighted by molar-refractivity contribution is 5.73. The van der Waals surface area contributed by atoms with Crippen LogP contribution in [-0.4, -0.2) is 13.0 Å². The first kappa shape index (κ1) is 11.5. The lowest BCUT2D eigenvalue weighted by molar-refractivity contribution is -0.117. The fraction of sp³-hybridized carbons (Fsp3) is 0.300. The zero-order valence-corrected chi connectivity index (χ0v) is 7.99. The van der Waals surface area contributed by atoms with Gasteiger partial charge in [-0.3, -0.25) is 4.79 Å². The van der Waals surface area contributed by atoms with E-state index < -0.39 is 0 Å². The molecule has 0 aromatic heterocycles. The fourth-order valence-corrected chi connectivity index (χ4v) is 0.557. The fourth-order valence-electron chi connectivity index (χ4n) is 0.557. The Morgan fingerprint density at radius 3 is 2.08 bits per heavy atom. The molecule has 0 saturated heterocycles. The number of benzene rings is 1. The van der Waals surface area contributed by atoms with Crippen molar-refractivity contribution >= 4 is 5.91 Å². The molecule has 72 valence electrons. The Labute approximate surface area is 78.5 Å². The van der Waals surface area contributed by atoms with Crippen molar-refractivity contribution in [3.8, 4) is 5.75 Å². The average Bonchev–Trinajstić information content (AvgIpc) is 2.20. The highest BCUT2D eigenvalue weighted by Gasteiger charge is 1.80. The minimum atomic E-state index is -0.245. The van der Waals surface area contributed by atoms with E-state index in [9.17, 15) is 4.79 Å². The topological polar surface area (TPSA) is 52.3 Å². The number of amides is 1. The normalized spacial score (nSPS) is 8.15. The maximum Gasteiger partial charge on any atom is 0.217 e. The highest BCUT2D eigenvalue weighted by Crippen LogP contribution is 2.05. The summed E-state index contributed by atoms with van der Waals surface area (Å²) in [5.74, 6) is 0.664. The summed E-state index contributed by atoms with van der Waals surface area (Å²) in [5, 5.41) is 0. The third-order valence-electron chi connectivity index (χ3n) is 1.33. The number of rotatable bonds is 2. The van der Waals surface area contributed by atoms with Crippen LogP contribution in [-0.2, 0) is 4.79 Å². The Hall–Kier alpha value is -1.51. The van der Waals surface area contributed by atoms with Crippen molar-refractivity contribution in [1.82, 2.24) is 0 Å². The summed E-state index contributed by atoms with van der Waals surface area (Å²) in [7, 11) is 1.66. The minimum Gasteiger partial charge on any atom is -0.497 e. The summed E-state index contributed by atoms with van der Waals surface area (Å²) in [6, 6.07) is 9.68. The maximum atomic E-state index is 9.59. The van der Waals surface area contributed by atoms with Gasteiger partial charge in [-0.05, 0) is 12.1 Å². The molecule has 0 unspecified atom stereocenters. The molecule has 0 heterocycles. The first-order valence-corrected chi connectivity index (χ1v) is 4.08. The predicted molar refractivity (Wildman–Crippen MR) is 52.5 cm³/mol. The molecule has 0 fully saturated rings. The average molecular weight is 181 g/mol. The monoisotopic (exact) mass is 181 g/mol. The molecule has 1 aromatic carbocycles. The molecule has 1 rings (SSSR count). The van der Waals surface area contributed by atoms with Gasteiger partial charge in [-0.1, -0.05) is 25.1 Å². The van der Waals surface area contributed by atoms with Crippen LogP contribution >= 0.6 is 0 Å². The highest BCUT2D eigenvalue weighted by atomic mass is 16.5. The lowest BCUT2D eigenvalue weighted by atomic mass is 10.3. The number of para-hydroxylation sites is 1. The number of carbonyl (C=O) groups excluding carboxylic acids is 1. The van der Waals surface area contributed by atoms with Crippen molar-refractivity contribution < 1.29 is 9.53 Å². The number of ether oxygens (including phenoxy) is 1. The largest absolute Gasteiger partial charge is 0.497 e. The van der Waals surface area contributed by atoms with Gasteiger partial charge in [-0.15, -0.1) is 0 Å². The summed E-state index contributed by atoms with van der Waals surface area (Å²) in [6.07, 6.45) is 0.444. The van der Waals surface area contributed by atoms with E-state index in [1.165, 1.54) is 0 Å². The molecule has 0 aliphatic heterocycles. The summed E-state index contributed by atoms with van der Waals surface area (Å²) < 4.78 is 4.91. The molecule has 0 saturated carbocycles. The molecule has 0 aliphatic carbocycles. The number of primary amides is 1. The van der Waals surface area contributed by atoms with Crippen LogP contribution in [0.4, 0.5) is 0 Å². The van der Waals surface area contributed by atoms with Crippen molar-refractivity contribution in [3.63, 3.8) is 0 Å². The van der Waals surface area contributed by atoms with E-state index in [1.54, 1.807) is 14.0 Å². The van der Waals surface area contributed by atoms with Crippen molar-refractivity contribution in [2.75, 3.05) is 7.11 Å². The second kappa shape index (κ2) is 7.16. The van der Waals surface area contributed by atoms with Crippen molar-refractivity contribution in [3.05, 3.63) is 30.3 Å². The summed E-state index contributed by atoms with van der Waals surface area (Å²) >= 11 is 0. The smallest absolute Gasteiger partial charge is 0.217 e. The molecule has 0 bridgehead atoms. The molecule has 0 radical (unpaired) electrons. The van der Waals surface area contributed by atoms with Crippen LogP contribution in [0.1, 0.15) is 13.3 Å². The van der Waals surface area contributed by atoms with E-state index >= 15 is 0 Å². The van der Waals surface area contributed by atoms with Crippen LogP contribution in [0.3, 0.4) is 0 Å². The van der Waals surface area contributed by atoms with E-state index in [2.05, 4.69) is 5.73 Å². The number of nitrogens with two attached hydrogens (primary N) is 1. The molecular formula is C10H15NO2. The number of hydrogen-bond donors (Lipinski definition) is 1. The number of carbonyl (C=O) groups is 1. The number of methoxy groups -OCH3 is 1. The first-order chi connectivity index (χ1) is 6.20. The van der Waals surface area contributed by atoms with Gasteiger partial charge >= 0.3 is 0 Å². The van der Waals surface area contributed by atoms with Crippen molar-refractivity contribution in [2.24, 2.45) is 5.73 Å². The third-order valence-corrected chi connectivity index (χ3v) is 1.33. The van der Waals surface area contributed by atoms with E-state index in [4.69, 9.17) is 4.74 Å². The van der Waals surface area contributed by atoms with Crippen LogP contribution in [0, 0.1) is 0 Å². The molecule has 13 heavy (non-hydrogen) atoms. The first-order valence-electron chi connectivity index (χ1n) is 4.08. The van der Waals surface area contributed by atoms with E-state index in [-0.39, 0.29) is 5.91 Å². The van der Waals surface area contributed by atoms with Gasteiger partial charge in [0.05, 0.1) is 7.11 Å². The third kappa shape index (κ3) is 6.87. The number of hydrogen-bond acceptors (Lipinski definition) is 2. The van der Waals surface area contributed by atoms with Gasteiger partial charge < -0.3 is 10.5 Å². The lowest BCUT2D eigenvalue weighted by Gasteiger charge is -1.93. The zero-order valence-electron chi connectivity index (χ0n) is 7.99. The Bertz CT molecular complexity index is 234. The molecule has 0 atom stereocenters. The Morgan fingerprint density at radius 2 is 1.85 bits per heavy atom. The Morgan fingerprint density at radius 1 is 1.38 bits per heavy atom. The van der Waals surface area contributed by atoms with Crippen LogP contribution in [0.5, 0.6) is 5.75 Å². The molecule has 3 heteroatoms.